The monoisotopic (exact) mass is 1320 g/mol. The molecule has 0 aromatic rings. The molecule has 0 bridgehead atoms. The molecule has 90 heavy (non-hydrogen) atoms. The van der Waals surface area contributed by atoms with Gasteiger partial charge in [-0.15, -0.1) is 0 Å². The third-order valence-corrected chi connectivity index (χ3v) is 18.7. The van der Waals surface area contributed by atoms with Crippen molar-refractivity contribution in [1.82, 2.24) is 0 Å². The van der Waals surface area contributed by atoms with Crippen LogP contribution in [-0.4, -0.2) is 96.7 Å². The molecular formula is C71H138O17P2. The van der Waals surface area contributed by atoms with Gasteiger partial charge in [0.05, 0.1) is 26.4 Å². The van der Waals surface area contributed by atoms with E-state index in [0.29, 0.717) is 25.7 Å². The molecule has 3 unspecified atom stereocenters. The number of ether oxygens (including phenoxy) is 4. The van der Waals surface area contributed by atoms with Gasteiger partial charge >= 0.3 is 39.5 Å². The van der Waals surface area contributed by atoms with Crippen molar-refractivity contribution >= 4 is 39.5 Å². The molecule has 0 fully saturated rings. The Morgan fingerprint density at radius 3 is 0.844 bits per heavy atom. The zero-order valence-corrected chi connectivity index (χ0v) is 60.2. The Bertz CT molecular complexity index is 1750. The maximum atomic E-state index is 13.0. The average molecular weight is 1330 g/mol. The predicted molar refractivity (Wildman–Crippen MR) is 363 cm³/mol. The van der Waals surface area contributed by atoms with Crippen LogP contribution in [0.2, 0.25) is 0 Å². The molecule has 3 N–H and O–H groups in total. The first-order valence-electron chi connectivity index (χ1n) is 37.0. The highest BCUT2D eigenvalue weighted by Crippen LogP contribution is 2.45. The summed E-state index contributed by atoms with van der Waals surface area (Å²) in [6.07, 6.45) is 48.5. The number of rotatable bonds is 70. The number of hydrogen-bond donors (Lipinski definition) is 3. The first-order valence-corrected chi connectivity index (χ1v) is 40.0. The summed E-state index contributed by atoms with van der Waals surface area (Å²) in [6.45, 7) is 9.55. The molecule has 0 amide bonds. The SMILES string of the molecule is CCCCCCCCCCCCCCCC(=O)OC[C@H](COP(=O)(O)OC[C@@H](O)COP(=O)(O)OC[C@@H](COC(=O)CCCCCCCCCC)OC(=O)CCCCCCCCCCC(C)CC)OC(=O)CCCCCCCCCCCCCCCCC(C)C. The molecule has 0 aromatic carbocycles. The number of unbranched alkanes of at least 4 members (excludes halogenated alkanes) is 39. The van der Waals surface area contributed by atoms with E-state index < -0.39 is 97.5 Å². The van der Waals surface area contributed by atoms with Gasteiger partial charge in [0, 0.05) is 25.7 Å². The van der Waals surface area contributed by atoms with Crippen molar-refractivity contribution in [3.05, 3.63) is 0 Å². The van der Waals surface area contributed by atoms with E-state index in [2.05, 4.69) is 41.5 Å². The quantitative estimate of drug-likeness (QED) is 0.0222. The third-order valence-electron chi connectivity index (χ3n) is 16.8. The first kappa shape index (κ1) is 88.1. The normalized spacial score (nSPS) is 14.4. The van der Waals surface area contributed by atoms with Crippen molar-refractivity contribution in [2.75, 3.05) is 39.6 Å². The van der Waals surface area contributed by atoms with Crippen molar-refractivity contribution in [3.8, 4) is 0 Å². The Kier molecular flexibility index (Phi) is 61.8. The van der Waals surface area contributed by atoms with Gasteiger partial charge in [-0.1, -0.05) is 311 Å². The highest BCUT2D eigenvalue weighted by molar-refractivity contribution is 7.47. The fourth-order valence-corrected chi connectivity index (χ4v) is 12.3. The molecular weight excluding hydrogens is 1190 g/mol. The minimum Gasteiger partial charge on any atom is -0.462 e. The molecule has 0 spiro atoms. The van der Waals surface area contributed by atoms with Crippen LogP contribution in [0.4, 0.5) is 0 Å². The molecule has 6 atom stereocenters. The van der Waals surface area contributed by atoms with E-state index in [0.717, 1.165) is 108 Å². The third kappa shape index (κ3) is 63.5. The molecule has 0 rings (SSSR count). The second-order valence-electron chi connectivity index (χ2n) is 26.3. The van der Waals surface area contributed by atoms with Gasteiger partial charge in [-0.2, -0.15) is 0 Å². The maximum absolute atomic E-state index is 13.0. The summed E-state index contributed by atoms with van der Waals surface area (Å²) < 4.78 is 68.3. The molecule has 0 saturated heterocycles. The van der Waals surface area contributed by atoms with E-state index in [1.165, 1.54) is 173 Å². The Labute approximate surface area is 549 Å². The van der Waals surface area contributed by atoms with E-state index in [4.69, 9.17) is 37.0 Å². The topological polar surface area (TPSA) is 237 Å². The second-order valence-corrected chi connectivity index (χ2v) is 29.3. The standard InChI is InChI=1S/C71H138O17P2/c1-7-10-12-14-16-18-19-22-26-29-36-42-48-54-69(74)82-60-67(87-70(75)55-49-43-37-30-27-24-21-20-23-25-28-33-39-45-51-63(4)5)62-86-90(79,80)84-58-65(72)57-83-89(77,78)85-61-66(59-81-68(73)53-47-41-35-17-15-13-11-8-2)88-71(76)56-50-44-38-32-31-34-40-46-52-64(6)9-3/h63-67,72H,7-62H2,1-6H3,(H,77,78)(H,79,80)/t64?,65-,66+,67+/m0/s1. The summed E-state index contributed by atoms with van der Waals surface area (Å²) in [4.78, 5) is 72.5. The Morgan fingerprint density at radius 1 is 0.322 bits per heavy atom. The van der Waals surface area contributed by atoms with Gasteiger partial charge in [-0.05, 0) is 37.5 Å². The molecule has 0 heterocycles. The van der Waals surface area contributed by atoms with E-state index >= 15 is 0 Å². The van der Waals surface area contributed by atoms with Crippen molar-refractivity contribution in [3.63, 3.8) is 0 Å². The minimum atomic E-state index is -4.95. The number of aliphatic hydroxyl groups is 1. The summed E-state index contributed by atoms with van der Waals surface area (Å²) in [7, 11) is -9.90. The number of aliphatic hydroxyl groups excluding tert-OH is 1. The van der Waals surface area contributed by atoms with Crippen LogP contribution in [0.1, 0.15) is 363 Å². The number of carbonyl (C=O) groups is 4. The van der Waals surface area contributed by atoms with Gasteiger partial charge in [0.1, 0.15) is 19.3 Å². The van der Waals surface area contributed by atoms with Gasteiger partial charge in [0.25, 0.3) is 0 Å². The average Bonchev–Trinajstić information content (AvgIpc) is 2.81. The fraction of sp³-hybridized carbons (Fsp3) is 0.944. The fourth-order valence-electron chi connectivity index (χ4n) is 10.7. The summed E-state index contributed by atoms with van der Waals surface area (Å²) in [5.41, 5.74) is 0. The Hall–Kier alpha value is -1.94. The number of phosphoric ester groups is 2. The molecule has 0 aliphatic rings. The van der Waals surface area contributed by atoms with E-state index in [-0.39, 0.29) is 25.7 Å². The van der Waals surface area contributed by atoms with Crippen LogP contribution < -0.4 is 0 Å². The van der Waals surface area contributed by atoms with Gasteiger partial charge in [-0.25, -0.2) is 9.13 Å². The van der Waals surface area contributed by atoms with Gasteiger partial charge in [0.15, 0.2) is 12.2 Å². The van der Waals surface area contributed by atoms with Crippen molar-refractivity contribution < 1.29 is 80.2 Å². The summed E-state index contributed by atoms with van der Waals surface area (Å²) in [6, 6.07) is 0. The molecule has 0 aliphatic carbocycles. The molecule has 0 saturated carbocycles. The highest BCUT2D eigenvalue weighted by Gasteiger charge is 2.30. The zero-order valence-electron chi connectivity index (χ0n) is 58.4. The van der Waals surface area contributed by atoms with Crippen LogP contribution in [-0.2, 0) is 65.4 Å². The van der Waals surface area contributed by atoms with E-state index in [9.17, 15) is 43.2 Å². The van der Waals surface area contributed by atoms with Crippen molar-refractivity contribution in [2.24, 2.45) is 11.8 Å². The molecule has 0 aliphatic heterocycles. The lowest BCUT2D eigenvalue weighted by Gasteiger charge is -2.21. The lowest BCUT2D eigenvalue weighted by atomic mass is 9.99. The lowest BCUT2D eigenvalue weighted by molar-refractivity contribution is -0.161. The molecule has 0 aromatic heterocycles. The van der Waals surface area contributed by atoms with Gasteiger partial charge in [-0.3, -0.25) is 37.3 Å². The summed E-state index contributed by atoms with van der Waals surface area (Å²) in [5, 5.41) is 10.6. The largest absolute Gasteiger partial charge is 0.472 e. The number of esters is 4. The van der Waals surface area contributed by atoms with Gasteiger partial charge in [0.2, 0.25) is 0 Å². The molecule has 534 valence electrons. The van der Waals surface area contributed by atoms with Crippen LogP contribution in [0.3, 0.4) is 0 Å². The van der Waals surface area contributed by atoms with Crippen LogP contribution in [0.25, 0.3) is 0 Å². The van der Waals surface area contributed by atoms with E-state index in [1.807, 2.05) is 0 Å². The summed E-state index contributed by atoms with van der Waals surface area (Å²) in [5.74, 6) is -0.560. The Balaban J connectivity index is 5.22. The van der Waals surface area contributed by atoms with E-state index in [1.54, 1.807) is 0 Å². The molecule has 17 nitrogen and oxygen atoms in total. The number of phosphoric acid groups is 2. The summed E-state index contributed by atoms with van der Waals surface area (Å²) >= 11 is 0. The number of carbonyl (C=O) groups excluding carboxylic acids is 4. The molecule has 0 radical (unpaired) electrons. The number of hydrogen-bond acceptors (Lipinski definition) is 15. The molecule has 19 heteroatoms. The smallest absolute Gasteiger partial charge is 0.462 e. The Morgan fingerprint density at radius 2 is 0.567 bits per heavy atom. The minimum absolute atomic E-state index is 0.105. The first-order chi connectivity index (χ1) is 43.4. The van der Waals surface area contributed by atoms with Crippen molar-refractivity contribution in [1.29, 1.82) is 0 Å². The van der Waals surface area contributed by atoms with Crippen LogP contribution >= 0.6 is 15.6 Å². The second kappa shape index (κ2) is 63.1. The van der Waals surface area contributed by atoms with Crippen LogP contribution in [0.15, 0.2) is 0 Å². The predicted octanol–water partition coefficient (Wildman–Crippen LogP) is 20.4. The lowest BCUT2D eigenvalue weighted by Crippen LogP contribution is -2.30. The van der Waals surface area contributed by atoms with Crippen LogP contribution in [0.5, 0.6) is 0 Å². The maximum Gasteiger partial charge on any atom is 0.472 e. The zero-order chi connectivity index (χ0) is 66.5. The highest BCUT2D eigenvalue weighted by atomic mass is 31.2. The van der Waals surface area contributed by atoms with Crippen LogP contribution in [0, 0.1) is 11.8 Å². The van der Waals surface area contributed by atoms with Gasteiger partial charge < -0.3 is 33.8 Å². The van der Waals surface area contributed by atoms with Crippen molar-refractivity contribution in [2.45, 2.75) is 381 Å².